The monoisotopic (exact) mass is 474 g/mol. The van der Waals surface area contributed by atoms with Crippen LogP contribution in [0.5, 0.6) is 0 Å². The molecule has 0 atom stereocenters. The molecule has 0 saturated heterocycles. The molecular weight excluding hydrogens is 463 g/mol. The fourth-order valence-electron chi connectivity index (χ4n) is 1.14. The van der Waals surface area contributed by atoms with E-state index in [2.05, 4.69) is 0 Å². The van der Waals surface area contributed by atoms with Crippen LogP contribution in [-0.4, -0.2) is 93.2 Å². The minimum atomic E-state index is -2.04. The number of carboxylic acid groups (broad SMARTS) is 3. The van der Waals surface area contributed by atoms with Gasteiger partial charge < -0.3 is 35.4 Å². The van der Waals surface area contributed by atoms with Crippen molar-refractivity contribution in [3.8, 4) is 0 Å². The van der Waals surface area contributed by atoms with Gasteiger partial charge in [-0.15, -0.1) is 0 Å². The van der Waals surface area contributed by atoms with E-state index in [9.17, 15) is 14.4 Å². The molecule has 0 bridgehead atoms. The molecule has 7 N–H and O–H groups in total. The summed E-state index contributed by atoms with van der Waals surface area (Å²) in [5.74, 6) is -4.53. The van der Waals surface area contributed by atoms with Crippen molar-refractivity contribution < 1.29 is 66.6 Å². The molecule has 1 aromatic carbocycles. The predicted molar refractivity (Wildman–Crippen MR) is 73.5 cm³/mol. The summed E-state index contributed by atoms with van der Waals surface area (Å²) in [6.07, 6.45) is 0. The van der Waals surface area contributed by atoms with Crippen LogP contribution < -0.4 is 0 Å². The van der Waals surface area contributed by atoms with E-state index >= 15 is 0 Å². The summed E-state index contributed by atoms with van der Waals surface area (Å²) >= 11 is 0. The topological polar surface area (TPSA) is 193 Å². The predicted octanol–water partition coefficient (Wildman–Crippen LogP) is -2.59. The van der Waals surface area contributed by atoms with E-state index in [1.807, 2.05) is 0 Å². The van der Waals surface area contributed by atoms with Crippen molar-refractivity contribution in [2.75, 3.05) is 0 Å². The Hall–Kier alpha value is -1.02. The van der Waals surface area contributed by atoms with Crippen molar-refractivity contribution in [2.45, 2.75) is 0 Å². The van der Waals surface area contributed by atoms with Gasteiger partial charge >= 0.3 is 31.9 Å². The molecule has 23 heavy (non-hydrogen) atoms. The fraction of sp³-hybridized carbons (Fsp3) is 0. The Morgan fingerprint density at radius 1 is 0.739 bits per heavy atom. The second-order valence-corrected chi connectivity index (χ2v) is 3.47. The number of hydrogen-bond acceptors (Lipinski definition) is 7. The number of hydrogen-bond donors (Lipinski definition) is 7. The number of benzene rings is 1. The standard InChI is InChI=1S/C9H6O6.B2H4O4.Co.In/c10-7(11)4-2-1-3-5(8(12)13)6(4)9(14)15;3-1(4)2(5)6;;/h1-3H,(H,10,11)(H,12,13)(H,14,15);3-6H;;. The zero-order chi connectivity index (χ0) is 16.7. The summed E-state index contributed by atoms with van der Waals surface area (Å²) in [5, 5.41) is 56.8. The Bertz CT molecular complexity index is 515. The van der Waals surface area contributed by atoms with Gasteiger partial charge in [0, 0.05) is 42.6 Å². The Balaban J connectivity index is -0.000000434. The third-order valence-corrected chi connectivity index (χ3v) is 2.01. The average molecular weight is 474 g/mol. The fourth-order valence-corrected chi connectivity index (χ4v) is 1.14. The Morgan fingerprint density at radius 3 is 1.22 bits per heavy atom. The maximum atomic E-state index is 10.7. The number of carbonyl (C=O) groups is 3. The first-order valence-electron chi connectivity index (χ1n) is 5.14. The summed E-state index contributed by atoms with van der Waals surface area (Å²) < 4.78 is 0. The van der Waals surface area contributed by atoms with E-state index in [1.54, 1.807) is 0 Å². The van der Waals surface area contributed by atoms with Crippen LogP contribution in [0.1, 0.15) is 31.1 Å². The molecule has 0 amide bonds. The SMILES string of the molecule is O=C(O)c1cccc(C(=O)O)c1C(=O)O.OB(O)B(O)O.[Co].[In]. The van der Waals surface area contributed by atoms with E-state index in [-0.39, 0.29) is 42.6 Å². The summed E-state index contributed by atoms with van der Waals surface area (Å²) in [6, 6.07) is 3.26. The molecule has 0 spiro atoms. The van der Waals surface area contributed by atoms with Gasteiger partial charge in [-0.3, -0.25) is 0 Å². The van der Waals surface area contributed by atoms with Crippen LogP contribution >= 0.6 is 0 Å². The normalized spacial score (nSPS) is 8.35. The molecular formula is C9H10B2CoInO10. The molecule has 10 nitrogen and oxygen atoms in total. The molecule has 0 aromatic heterocycles. The van der Waals surface area contributed by atoms with Crippen LogP contribution in [0.3, 0.4) is 0 Å². The summed E-state index contributed by atoms with van der Waals surface area (Å²) in [6.45, 7) is 0. The third-order valence-electron chi connectivity index (χ3n) is 2.01. The first-order chi connectivity index (χ1) is 9.59. The van der Waals surface area contributed by atoms with Crippen LogP contribution in [0.25, 0.3) is 0 Å². The van der Waals surface area contributed by atoms with Crippen LogP contribution in [0.4, 0.5) is 0 Å². The van der Waals surface area contributed by atoms with Crippen LogP contribution in [0.2, 0.25) is 0 Å². The van der Waals surface area contributed by atoms with Crippen molar-refractivity contribution >= 4 is 57.8 Å². The largest absolute Gasteiger partial charge is 0.482 e. The Labute approximate surface area is 159 Å². The van der Waals surface area contributed by atoms with Crippen LogP contribution in [-0.2, 0) is 16.8 Å². The molecule has 0 aliphatic rings. The summed E-state index contributed by atoms with van der Waals surface area (Å²) in [7, 11) is -4.07. The molecule has 1 aromatic rings. The molecule has 0 saturated carbocycles. The number of aromatic carboxylic acids is 3. The van der Waals surface area contributed by atoms with Crippen molar-refractivity contribution in [3.63, 3.8) is 0 Å². The molecule has 0 aliphatic heterocycles. The summed E-state index contributed by atoms with van der Waals surface area (Å²) in [4.78, 5) is 32.0. The van der Waals surface area contributed by atoms with Crippen molar-refractivity contribution in [1.82, 2.24) is 0 Å². The van der Waals surface area contributed by atoms with Gasteiger partial charge in [-0.25, -0.2) is 14.4 Å². The first kappa shape index (κ1) is 26.9. The van der Waals surface area contributed by atoms with E-state index < -0.39 is 48.6 Å². The van der Waals surface area contributed by atoms with Crippen molar-refractivity contribution in [3.05, 3.63) is 34.9 Å². The molecule has 14 heteroatoms. The average Bonchev–Trinajstić information content (AvgIpc) is 2.37. The molecule has 4 radical (unpaired) electrons. The van der Waals surface area contributed by atoms with Gasteiger partial charge in [-0.2, -0.15) is 0 Å². The van der Waals surface area contributed by atoms with Gasteiger partial charge in [0.15, 0.2) is 0 Å². The third kappa shape index (κ3) is 9.00. The van der Waals surface area contributed by atoms with Crippen molar-refractivity contribution in [2.24, 2.45) is 0 Å². The molecule has 124 valence electrons. The summed E-state index contributed by atoms with van der Waals surface area (Å²) in [5.41, 5.74) is -1.79. The van der Waals surface area contributed by atoms with Gasteiger partial charge in [0.2, 0.25) is 0 Å². The number of rotatable bonds is 4. The molecule has 0 fully saturated rings. The molecule has 1 rings (SSSR count). The second-order valence-electron chi connectivity index (χ2n) is 3.47. The smallest absolute Gasteiger partial charge is 0.478 e. The Kier molecular flexibility index (Phi) is 14.5. The molecule has 0 aliphatic carbocycles. The zero-order valence-electron chi connectivity index (χ0n) is 11.2. The maximum Gasteiger partial charge on any atom is 0.482 e. The van der Waals surface area contributed by atoms with Crippen LogP contribution in [0.15, 0.2) is 18.2 Å². The first-order valence-corrected chi connectivity index (χ1v) is 5.14. The zero-order valence-corrected chi connectivity index (χ0v) is 15.5. The van der Waals surface area contributed by atoms with Gasteiger partial charge in [-0.05, 0) is 12.1 Å². The molecule has 0 unspecified atom stereocenters. The number of carboxylic acids is 3. The second kappa shape index (κ2) is 12.4. The van der Waals surface area contributed by atoms with Gasteiger partial charge in [0.1, 0.15) is 0 Å². The van der Waals surface area contributed by atoms with E-state index in [0.29, 0.717) is 0 Å². The van der Waals surface area contributed by atoms with E-state index in [4.69, 9.17) is 35.4 Å². The minimum absolute atomic E-state index is 0. The van der Waals surface area contributed by atoms with Gasteiger partial charge in [0.25, 0.3) is 0 Å². The van der Waals surface area contributed by atoms with E-state index in [0.717, 1.165) is 12.1 Å². The quantitative estimate of drug-likeness (QED) is 0.228. The van der Waals surface area contributed by atoms with Gasteiger partial charge in [-0.1, -0.05) is 6.07 Å². The van der Waals surface area contributed by atoms with E-state index in [1.165, 1.54) is 6.07 Å². The maximum absolute atomic E-state index is 10.7. The minimum Gasteiger partial charge on any atom is -0.478 e. The van der Waals surface area contributed by atoms with Crippen molar-refractivity contribution in [1.29, 1.82) is 0 Å². The van der Waals surface area contributed by atoms with Crippen LogP contribution in [0, 0.1) is 0 Å². The Morgan fingerprint density at radius 2 is 1.04 bits per heavy atom. The molecule has 0 heterocycles. The van der Waals surface area contributed by atoms with Gasteiger partial charge in [0.05, 0.1) is 16.7 Å².